The highest BCUT2D eigenvalue weighted by Gasteiger charge is 2.32. The molecule has 0 radical (unpaired) electrons. The molecule has 0 amide bonds. The molecule has 5 heteroatoms. The molecule has 0 unspecified atom stereocenters. The monoisotopic (exact) mass is 416 g/mol. The van der Waals surface area contributed by atoms with Crippen molar-refractivity contribution in [1.82, 2.24) is 0 Å². The van der Waals surface area contributed by atoms with Crippen molar-refractivity contribution in [1.29, 1.82) is 0 Å². The van der Waals surface area contributed by atoms with Gasteiger partial charge in [-0.15, -0.1) is 0 Å². The van der Waals surface area contributed by atoms with E-state index in [1.165, 1.54) is 12.1 Å². The Hall–Kier alpha value is -0.750. The molecular weight excluding hydrogens is 403 g/mol. The van der Waals surface area contributed by atoms with E-state index in [4.69, 9.17) is 0 Å². The second-order valence-corrected chi connectivity index (χ2v) is 6.79. The molecule has 0 spiro atoms. The van der Waals surface area contributed by atoms with E-state index >= 15 is 0 Å². The van der Waals surface area contributed by atoms with Crippen molar-refractivity contribution >= 4 is 31.9 Å². The van der Waals surface area contributed by atoms with Crippen LogP contribution >= 0.6 is 31.9 Å². The lowest BCUT2D eigenvalue weighted by molar-refractivity contribution is 0.116. The molecule has 0 aromatic heterocycles. The summed E-state index contributed by atoms with van der Waals surface area (Å²) >= 11 is 6.73. The van der Waals surface area contributed by atoms with E-state index in [2.05, 4.69) is 31.9 Å². The van der Waals surface area contributed by atoms with E-state index < -0.39 is 5.41 Å². The highest BCUT2D eigenvalue weighted by Crippen LogP contribution is 2.32. The molecule has 2 rings (SSSR count). The second kappa shape index (κ2) is 7.01. The number of benzene rings is 2. The summed E-state index contributed by atoms with van der Waals surface area (Å²) in [6.45, 7) is -0.409. The lowest BCUT2D eigenvalue weighted by atomic mass is 9.77. The summed E-state index contributed by atoms with van der Waals surface area (Å²) in [6.07, 6.45) is 0.400. The zero-order valence-electron chi connectivity index (χ0n) is 11.2. The van der Waals surface area contributed by atoms with Gasteiger partial charge in [0.15, 0.2) is 0 Å². The van der Waals surface area contributed by atoms with Crippen LogP contribution in [0.15, 0.2) is 51.4 Å². The maximum Gasteiger partial charge on any atom is 0.124 e. The van der Waals surface area contributed by atoms with Crippen LogP contribution < -0.4 is 0 Å². The average Bonchev–Trinajstić information content (AvgIpc) is 2.47. The Morgan fingerprint density at radius 2 is 1.71 bits per heavy atom. The molecule has 0 aliphatic carbocycles. The van der Waals surface area contributed by atoms with Crippen LogP contribution in [0.5, 0.6) is 0 Å². The third-order valence-corrected chi connectivity index (χ3v) is 4.82. The van der Waals surface area contributed by atoms with E-state index in [1.54, 1.807) is 6.07 Å². The zero-order valence-corrected chi connectivity index (χ0v) is 14.4. The van der Waals surface area contributed by atoms with Gasteiger partial charge in [0.2, 0.25) is 0 Å². The van der Waals surface area contributed by atoms with Crippen LogP contribution in [0.1, 0.15) is 11.1 Å². The molecule has 0 saturated heterocycles. The highest BCUT2D eigenvalue weighted by atomic mass is 79.9. The molecule has 2 nitrogen and oxygen atoms in total. The Kier molecular flexibility index (Phi) is 5.54. The first-order chi connectivity index (χ1) is 10.0. The standard InChI is InChI=1S/C16H15Br2FO2/c17-13-3-1-2-12(6-13)16(9-20,10-21)8-11-4-5-14(19)7-15(11)18/h1-7,20-21H,8-10H2. The molecule has 2 N–H and O–H groups in total. The van der Waals surface area contributed by atoms with Gasteiger partial charge in [-0.25, -0.2) is 4.39 Å². The van der Waals surface area contributed by atoms with Crippen molar-refractivity contribution in [3.8, 4) is 0 Å². The first kappa shape index (κ1) is 16.6. The number of hydrogen-bond donors (Lipinski definition) is 2. The Bertz CT molecular complexity index is 627. The van der Waals surface area contributed by atoms with Gasteiger partial charge in [-0.1, -0.05) is 50.1 Å². The van der Waals surface area contributed by atoms with E-state index in [9.17, 15) is 14.6 Å². The molecule has 21 heavy (non-hydrogen) atoms. The van der Waals surface area contributed by atoms with E-state index in [0.717, 1.165) is 15.6 Å². The smallest absolute Gasteiger partial charge is 0.124 e. The van der Waals surface area contributed by atoms with E-state index in [-0.39, 0.29) is 19.0 Å². The third kappa shape index (κ3) is 3.72. The quantitative estimate of drug-likeness (QED) is 0.776. The van der Waals surface area contributed by atoms with E-state index in [0.29, 0.717) is 10.9 Å². The fourth-order valence-corrected chi connectivity index (χ4v) is 3.18. The van der Waals surface area contributed by atoms with Crippen LogP contribution in [0.2, 0.25) is 0 Å². The second-order valence-electron chi connectivity index (χ2n) is 5.02. The van der Waals surface area contributed by atoms with Crippen LogP contribution in [0.3, 0.4) is 0 Å². The van der Waals surface area contributed by atoms with Crippen LogP contribution in [-0.2, 0) is 11.8 Å². The van der Waals surface area contributed by atoms with Crippen molar-refractivity contribution in [2.75, 3.05) is 13.2 Å². The highest BCUT2D eigenvalue weighted by molar-refractivity contribution is 9.10. The predicted molar refractivity (Wildman–Crippen MR) is 87.8 cm³/mol. The normalized spacial score (nSPS) is 11.7. The first-order valence-electron chi connectivity index (χ1n) is 6.42. The molecule has 0 heterocycles. The number of hydrogen-bond acceptors (Lipinski definition) is 2. The Morgan fingerprint density at radius 1 is 1.00 bits per heavy atom. The minimum atomic E-state index is -0.815. The van der Waals surface area contributed by atoms with Crippen molar-refractivity contribution in [3.05, 3.63) is 68.4 Å². The zero-order chi connectivity index (χ0) is 15.5. The lowest BCUT2D eigenvalue weighted by Gasteiger charge is -2.31. The number of halogens is 3. The molecule has 0 aliphatic rings. The molecule has 2 aromatic rings. The summed E-state index contributed by atoms with van der Waals surface area (Å²) in [6, 6.07) is 11.9. The molecule has 112 valence electrons. The third-order valence-electron chi connectivity index (χ3n) is 3.59. The minimum Gasteiger partial charge on any atom is -0.395 e. The van der Waals surface area contributed by atoms with Crippen molar-refractivity contribution < 1.29 is 14.6 Å². The van der Waals surface area contributed by atoms with Crippen LogP contribution in [0.25, 0.3) is 0 Å². The predicted octanol–water partition coefficient (Wildman–Crippen LogP) is 3.82. The SMILES string of the molecule is OCC(CO)(Cc1ccc(F)cc1Br)c1cccc(Br)c1. The van der Waals surface area contributed by atoms with Gasteiger partial charge >= 0.3 is 0 Å². The lowest BCUT2D eigenvalue weighted by Crippen LogP contribution is -2.37. The topological polar surface area (TPSA) is 40.5 Å². The summed E-state index contributed by atoms with van der Waals surface area (Å²) in [5.74, 6) is -0.327. The van der Waals surface area contributed by atoms with Gasteiger partial charge in [0.25, 0.3) is 0 Å². The number of aliphatic hydroxyl groups is 2. The molecule has 0 bridgehead atoms. The molecule has 2 aromatic carbocycles. The van der Waals surface area contributed by atoms with Crippen molar-refractivity contribution in [3.63, 3.8) is 0 Å². The molecule has 0 atom stereocenters. The van der Waals surface area contributed by atoms with Crippen LogP contribution in [-0.4, -0.2) is 23.4 Å². The molecule has 0 saturated carbocycles. The summed E-state index contributed by atoms with van der Waals surface area (Å²) in [4.78, 5) is 0. The van der Waals surface area contributed by atoms with Gasteiger partial charge < -0.3 is 10.2 Å². The summed E-state index contributed by atoms with van der Waals surface area (Å²) in [5.41, 5.74) is 0.849. The summed E-state index contributed by atoms with van der Waals surface area (Å²) in [5, 5.41) is 19.7. The van der Waals surface area contributed by atoms with Gasteiger partial charge in [0.1, 0.15) is 5.82 Å². The minimum absolute atomic E-state index is 0.205. The summed E-state index contributed by atoms with van der Waals surface area (Å²) in [7, 11) is 0. The average molecular weight is 418 g/mol. The van der Waals surface area contributed by atoms with Gasteiger partial charge in [-0.05, 0) is 41.8 Å². The number of rotatable bonds is 5. The Morgan fingerprint density at radius 3 is 2.29 bits per heavy atom. The fourth-order valence-electron chi connectivity index (χ4n) is 2.29. The Balaban J connectivity index is 2.43. The van der Waals surface area contributed by atoms with Gasteiger partial charge in [-0.3, -0.25) is 0 Å². The van der Waals surface area contributed by atoms with E-state index in [1.807, 2.05) is 24.3 Å². The Labute approximate surface area is 139 Å². The van der Waals surface area contributed by atoms with Crippen LogP contribution in [0, 0.1) is 5.82 Å². The van der Waals surface area contributed by atoms with Gasteiger partial charge in [0, 0.05) is 14.4 Å². The maximum absolute atomic E-state index is 13.2. The molecule has 0 fully saturated rings. The van der Waals surface area contributed by atoms with Gasteiger partial charge in [0.05, 0.1) is 13.2 Å². The maximum atomic E-state index is 13.2. The first-order valence-corrected chi connectivity index (χ1v) is 8.01. The van der Waals surface area contributed by atoms with Crippen molar-refractivity contribution in [2.24, 2.45) is 0 Å². The largest absolute Gasteiger partial charge is 0.395 e. The van der Waals surface area contributed by atoms with Crippen molar-refractivity contribution in [2.45, 2.75) is 11.8 Å². The summed E-state index contributed by atoms with van der Waals surface area (Å²) < 4.78 is 14.7. The molecular formula is C16H15Br2FO2. The molecule has 0 aliphatic heterocycles. The van der Waals surface area contributed by atoms with Crippen LogP contribution in [0.4, 0.5) is 4.39 Å². The number of aliphatic hydroxyl groups excluding tert-OH is 2. The van der Waals surface area contributed by atoms with Gasteiger partial charge in [-0.2, -0.15) is 0 Å². The fraction of sp³-hybridized carbons (Fsp3) is 0.250.